The zero-order chi connectivity index (χ0) is 19.6. The van der Waals surface area contributed by atoms with Gasteiger partial charge >= 0.3 is 0 Å². The number of fused-ring (bicyclic) bond motifs is 1. The minimum absolute atomic E-state index is 0.355. The van der Waals surface area contributed by atoms with E-state index in [0.29, 0.717) is 17.7 Å². The van der Waals surface area contributed by atoms with Gasteiger partial charge in [0.1, 0.15) is 11.6 Å². The van der Waals surface area contributed by atoms with Crippen LogP contribution in [0.25, 0.3) is 5.65 Å². The molecule has 4 aromatic rings. The number of ether oxygens (including phenoxy) is 1. The quantitative estimate of drug-likeness (QED) is 0.531. The van der Waals surface area contributed by atoms with Crippen molar-refractivity contribution >= 4 is 11.6 Å². The summed E-state index contributed by atoms with van der Waals surface area (Å²) in [7, 11) is 0. The van der Waals surface area contributed by atoms with Crippen LogP contribution < -0.4 is 9.64 Å². The molecule has 0 bridgehead atoms. The lowest BCUT2D eigenvalue weighted by atomic mass is 9.96. The van der Waals surface area contributed by atoms with Gasteiger partial charge in [0.05, 0.1) is 6.20 Å². The zero-order valence-electron chi connectivity index (χ0n) is 16.1. The molecule has 1 fully saturated rings. The summed E-state index contributed by atoms with van der Waals surface area (Å²) in [6, 6.07) is 11.5. The summed E-state index contributed by atoms with van der Waals surface area (Å²) in [5, 5.41) is 8.62. The molecule has 0 amide bonds. The van der Waals surface area contributed by atoms with E-state index in [2.05, 4.69) is 30.0 Å². The molecule has 0 saturated carbocycles. The van der Waals surface area contributed by atoms with Crippen LogP contribution in [-0.4, -0.2) is 42.6 Å². The molecule has 1 saturated heterocycles. The molecule has 0 atom stereocenters. The fourth-order valence-corrected chi connectivity index (χ4v) is 3.72. The Bertz CT molecular complexity index is 1120. The molecule has 0 spiro atoms. The van der Waals surface area contributed by atoms with E-state index < -0.39 is 0 Å². The normalized spacial score (nSPS) is 15.0. The monoisotopic (exact) mass is 387 g/mol. The third-order valence-corrected chi connectivity index (χ3v) is 5.17. The van der Waals surface area contributed by atoms with E-state index in [1.54, 1.807) is 12.4 Å². The molecule has 0 N–H and O–H groups in total. The first-order valence-electron chi connectivity index (χ1n) is 9.74. The number of para-hydroxylation sites is 1. The van der Waals surface area contributed by atoms with Gasteiger partial charge in [0.15, 0.2) is 5.65 Å². The minimum atomic E-state index is 0.355. The van der Waals surface area contributed by atoms with Gasteiger partial charge in [0.25, 0.3) is 0 Å². The van der Waals surface area contributed by atoms with E-state index in [1.165, 1.54) is 0 Å². The summed E-state index contributed by atoms with van der Waals surface area (Å²) < 4.78 is 7.94. The molecular weight excluding hydrogens is 366 g/mol. The molecule has 1 aliphatic heterocycles. The first-order valence-corrected chi connectivity index (χ1v) is 9.74. The Morgan fingerprint density at radius 1 is 1.03 bits per heavy atom. The van der Waals surface area contributed by atoms with Gasteiger partial charge in [-0.1, -0.05) is 18.2 Å². The fourth-order valence-electron chi connectivity index (χ4n) is 3.72. The molecule has 0 aliphatic carbocycles. The van der Waals surface area contributed by atoms with E-state index in [0.717, 1.165) is 48.8 Å². The van der Waals surface area contributed by atoms with Crippen LogP contribution in [0.3, 0.4) is 0 Å². The van der Waals surface area contributed by atoms with Crippen LogP contribution in [0.4, 0.5) is 5.95 Å². The Balaban J connectivity index is 1.31. The van der Waals surface area contributed by atoms with Gasteiger partial charge in [-0.15, -0.1) is 10.2 Å². The van der Waals surface area contributed by atoms with Crippen molar-refractivity contribution in [2.75, 3.05) is 18.0 Å². The largest absolute Gasteiger partial charge is 0.439 e. The van der Waals surface area contributed by atoms with E-state index in [-0.39, 0.29) is 0 Å². The number of benzene rings is 1. The van der Waals surface area contributed by atoms with Crippen LogP contribution in [0.15, 0.2) is 55.0 Å². The molecule has 1 aromatic carbocycles. The Morgan fingerprint density at radius 2 is 1.86 bits per heavy atom. The van der Waals surface area contributed by atoms with Gasteiger partial charge in [-0.2, -0.15) is 4.98 Å². The number of rotatable bonds is 4. The molecule has 1 aliphatic rings. The molecule has 0 unspecified atom stereocenters. The van der Waals surface area contributed by atoms with Crippen molar-refractivity contribution in [1.29, 1.82) is 0 Å². The summed E-state index contributed by atoms with van der Waals surface area (Å²) in [4.78, 5) is 15.6. The summed E-state index contributed by atoms with van der Waals surface area (Å²) in [6.07, 6.45) is 7.36. The smallest absolute Gasteiger partial charge is 0.228 e. The maximum absolute atomic E-state index is 5.91. The molecule has 5 rings (SSSR count). The molecule has 3 aromatic heterocycles. The van der Waals surface area contributed by atoms with E-state index in [1.807, 2.05) is 53.9 Å². The third-order valence-electron chi connectivity index (χ3n) is 5.17. The Kier molecular flexibility index (Phi) is 4.51. The zero-order valence-corrected chi connectivity index (χ0v) is 16.1. The second kappa shape index (κ2) is 7.46. The highest BCUT2D eigenvalue weighted by atomic mass is 16.5. The highest BCUT2D eigenvalue weighted by Crippen LogP contribution is 2.29. The van der Waals surface area contributed by atoms with Gasteiger partial charge < -0.3 is 9.64 Å². The van der Waals surface area contributed by atoms with Crippen LogP contribution in [-0.2, 0) is 0 Å². The Hall–Kier alpha value is -3.55. The lowest BCUT2D eigenvalue weighted by Crippen LogP contribution is -2.34. The van der Waals surface area contributed by atoms with Crippen LogP contribution >= 0.6 is 0 Å². The van der Waals surface area contributed by atoms with Crippen molar-refractivity contribution in [3.63, 3.8) is 0 Å². The van der Waals surface area contributed by atoms with Crippen LogP contribution in [0, 0.1) is 6.92 Å². The van der Waals surface area contributed by atoms with Crippen molar-refractivity contribution in [3.8, 4) is 11.6 Å². The van der Waals surface area contributed by atoms with E-state index in [9.17, 15) is 0 Å². The van der Waals surface area contributed by atoms with Crippen molar-refractivity contribution in [2.24, 2.45) is 0 Å². The number of hydrogen-bond donors (Lipinski definition) is 0. The summed E-state index contributed by atoms with van der Waals surface area (Å²) in [5.74, 6) is 3.40. The molecule has 29 heavy (non-hydrogen) atoms. The highest BCUT2D eigenvalue weighted by Gasteiger charge is 2.26. The minimum Gasteiger partial charge on any atom is -0.439 e. The number of piperidine rings is 1. The standard InChI is InChI=1S/C21H21N7O/c1-15-13-19(29-17-5-3-2-4-6-17)24-21(23-15)27-10-7-16(8-11-27)20-26-25-18-14-22-9-12-28(18)20/h2-6,9,12-14,16H,7-8,10-11H2,1H3. The van der Waals surface area contributed by atoms with Crippen molar-refractivity contribution in [2.45, 2.75) is 25.7 Å². The lowest BCUT2D eigenvalue weighted by molar-refractivity contribution is 0.452. The molecule has 146 valence electrons. The summed E-state index contributed by atoms with van der Waals surface area (Å²) >= 11 is 0. The van der Waals surface area contributed by atoms with Crippen LogP contribution in [0.5, 0.6) is 11.6 Å². The number of anilines is 1. The molecule has 8 nitrogen and oxygen atoms in total. The predicted molar refractivity (Wildman–Crippen MR) is 108 cm³/mol. The predicted octanol–water partition coefficient (Wildman–Crippen LogP) is 3.40. The Morgan fingerprint density at radius 3 is 2.69 bits per heavy atom. The van der Waals surface area contributed by atoms with Crippen molar-refractivity contribution in [3.05, 3.63) is 66.5 Å². The second-order valence-electron chi connectivity index (χ2n) is 7.19. The SMILES string of the molecule is Cc1cc(Oc2ccccc2)nc(N2CCC(c3nnc4cnccn34)CC2)n1. The molecule has 0 radical (unpaired) electrons. The van der Waals surface area contributed by atoms with Gasteiger partial charge in [-0.05, 0) is 31.9 Å². The topological polar surface area (TPSA) is 81.3 Å². The summed E-state index contributed by atoms with van der Waals surface area (Å²) in [5.41, 5.74) is 1.67. The Labute approximate surface area is 168 Å². The number of aromatic nitrogens is 6. The first-order chi connectivity index (χ1) is 14.3. The number of aryl methyl sites for hydroxylation is 1. The lowest BCUT2D eigenvalue weighted by Gasteiger charge is -2.31. The van der Waals surface area contributed by atoms with Crippen LogP contribution in [0.2, 0.25) is 0 Å². The molecule has 4 heterocycles. The van der Waals surface area contributed by atoms with Crippen molar-refractivity contribution < 1.29 is 4.74 Å². The van der Waals surface area contributed by atoms with Gasteiger partial charge in [0, 0.05) is 43.2 Å². The third kappa shape index (κ3) is 3.61. The number of hydrogen-bond acceptors (Lipinski definition) is 7. The highest BCUT2D eigenvalue weighted by molar-refractivity contribution is 5.38. The average molecular weight is 387 g/mol. The van der Waals surface area contributed by atoms with E-state index in [4.69, 9.17) is 4.74 Å². The van der Waals surface area contributed by atoms with E-state index >= 15 is 0 Å². The fraction of sp³-hybridized carbons (Fsp3) is 0.286. The average Bonchev–Trinajstić information content (AvgIpc) is 3.18. The van der Waals surface area contributed by atoms with Crippen LogP contribution in [0.1, 0.15) is 30.3 Å². The number of nitrogens with zero attached hydrogens (tertiary/aromatic N) is 7. The molecular formula is C21H21N7O. The maximum atomic E-state index is 5.91. The first kappa shape index (κ1) is 17.5. The van der Waals surface area contributed by atoms with Gasteiger partial charge in [-0.3, -0.25) is 9.38 Å². The van der Waals surface area contributed by atoms with Gasteiger partial charge in [-0.25, -0.2) is 4.98 Å². The van der Waals surface area contributed by atoms with Gasteiger partial charge in [0.2, 0.25) is 11.8 Å². The van der Waals surface area contributed by atoms with Crippen molar-refractivity contribution in [1.82, 2.24) is 29.5 Å². The maximum Gasteiger partial charge on any atom is 0.228 e. The molecule has 8 heteroatoms. The second-order valence-corrected chi connectivity index (χ2v) is 7.19. The summed E-state index contributed by atoms with van der Waals surface area (Å²) in [6.45, 7) is 3.68.